The van der Waals surface area contributed by atoms with Gasteiger partial charge in [-0.25, -0.2) is 0 Å². The van der Waals surface area contributed by atoms with Gasteiger partial charge in [-0.15, -0.1) is 0 Å². The molecule has 21 heavy (non-hydrogen) atoms. The maximum atomic E-state index is 10.1. The molecule has 1 saturated heterocycles. The van der Waals surface area contributed by atoms with E-state index in [9.17, 15) is 5.11 Å². The van der Waals surface area contributed by atoms with Gasteiger partial charge in [0.1, 0.15) is 0 Å². The zero-order valence-electron chi connectivity index (χ0n) is 13.9. The van der Waals surface area contributed by atoms with Crippen LogP contribution in [0.5, 0.6) is 0 Å². The Bertz CT molecular complexity index is 333. The van der Waals surface area contributed by atoms with Gasteiger partial charge in [0, 0.05) is 19.1 Å². The van der Waals surface area contributed by atoms with Crippen molar-refractivity contribution in [3.63, 3.8) is 0 Å². The summed E-state index contributed by atoms with van der Waals surface area (Å²) in [6.07, 6.45) is 7.84. The van der Waals surface area contributed by atoms with E-state index in [1.165, 1.54) is 58.2 Å². The molecule has 0 aromatic rings. The molecule has 3 rings (SSSR count). The fraction of sp³-hybridized carbons (Fsp3) is 1.00. The van der Waals surface area contributed by atoms with Gasteiger partial charge in [0.2, 0.25) is 0 Å². The average molecular weight is 295 g/mol. The monoisotopic (exact) mass is 295 g/mol. The first-order valence-corrected chi connectivity index (χ1v) is 8.87. The molecule has 2 aliphatic carbocycles. The van der Waals surface area contributed by atoms with E-state index in [0.29, 0.717) is 18.6 Å². The normalized spacial score (nSPS) is 28.0. The van der Waals surface area contributed by atoms with Crippen LogP contribution >= 0.6 is 0 Å². The van der Waals surface area contributed by atoms with Crippen molar-refractivity contribution in [1.29, 1.82) is 0 Å². The third-order valence-electron chi connectivity index (χ3n) is 5.55. The summed E-state index contributed by atoms with van der Waals surface area (Å²) < 4.78 is 0. The Balaban J connectivity index is 1.52. The fourth-order valence-corrected chi connectivity index (χ4v) is 4.03. The molecule has 0 radical (unpaired) electrons. The van der Waals surface area contributed by atoms with Crippen LogP contribution in [0.3, 0.4) is 0 Å². The zero-order chi connectivity index (χ0) is 14.9. The molecule has 2 saturated carbocycles. The average Bonchev–Trinajstić information content (AvgIpc) is 3.33. The van der Waals surface area contributed by atoms with E-state index < -0.39 is 0 Å². The second-order valence-corrected chi connectivity index (χ2v) is 7.99. The quantitative estimate of drug-likeness (QED) is 0.705. The van der Waals surface area contributed by atoms with Crippen molar-refractivity contribution in [2.45, 2.75) is 50.1 Å². The zero-order valence-corrected chi connectivity index (χ0v) is 13.9. The predicted molar refractivity (Wildman–Crippen MR) is 86.4 cm³/mol. The first-order valence-electron chi connectivity index (χ1n) is 8.87. The molecule has 0 aromatic carbocycles. The molecule has 1 heterocycles. The molecule has 1 atom stereocenters. The highest BCUT2D eigenvalue weighted by Gasteiger charge is 2.48. The number of aliphatic hydroxyl groups is 1. The lowest BCUT2D eigenvalue weighted by Gasteiger charge is -2.41. The van der Waals surface area contributed by atoms with Crippen molar-refractivity contribution in [3.05, 3.63) is 0 Å². The van der Waals surface area contributed by atoms with Crippen LogP contribution in [-0.4, -0.2) is 73.4 Å². The van der Waals surface area contributed by atoms with Gasteiger partial charge in [0.15, 0.2) is 0 Å². The van der Waals surface area contributed by atoms with Crippen LogP contribution in [0.25, 0.3) is 0 Å². The van der Waals surface area contributed by atoms with E-state index in [1.54, 1.807) is 0 Å². The SMILES string of the molecule is CN(C)CC1CCN(CC(CO)(NC2CC2)C2CC2)CC1. The Labute approximate surface area is 129 Å². The lowest BCUT2D eigenvalue weighted by Crippen LogP contribution is -2.59. The van der Waals surface area contributed by atoms with Gasteiger partial charge in [0.25, 0.3) is 0 Å². The molecule has 3 aliphatic rings. The largest absolute Gasteiger partial charge is 0.394 e. The maximum Gasteiger partial charge on any atom is 0.0628 e. The van der Waals surface area contributed by atoms with E-state index >= 15 is 0 Å². The van der Waals surface area contributed by atoms with Crippen molar-refractivity contribution in [1.82, 2.24) is 15.1 Å². The molecular weight excluding hydrogens is 262 g/mol. The van der Waals surface area contributed by atoms with E-state index in [4.69, 9.17) is 0 Å². The maximum absolute atomic E-state index is 10.1. The first kappa shape index (κ1) is 15.7. The van der Waals surface area contributed by atoms with Gasteiger partial charge in [-0.05, 0) is 77.5 Å². The van der Waals surface area contributed by atoms with Crippen LogP contribution < -0.4 is 5.32 Å². The van der Waals surface area contributed by atoms with Crippen LogP contribution in [0.2, 0.25) is 0 Å². The van der Waals surface area contributed by atoms with Crippen LogP contribution in [0.4, 0.5) is 0 Å². The van der Waals surface area contributed by atoms with E-state index in [-0.39, 0.29) is 5.54 Å². The molecule has 1 aliphatic heterocycles. The second kappa shape index (κ2) is 6.53. The van der Waals surface area contributed by atoms with Crippen LogP contribution in [0.15, 0.2) is 0 Å². The number of piperidine rings is 1. The van der Waals surface area contributed by atoms with E-state index in [0.717, 1.165) is 12.5 Å². The molecule has 0 aromatic heterocycles. The minimum absolute atomic E-state index is 0.00441. The predicted octanol–water partition coefficient (Wildman–Crippen LogP) is 1.15. The minimum Gasteiger partial charge on any atom is -0.394 e. The lowest BCUT2D eigenvalue weighted by molar-refractivity contribution is 0.0680. The van der Waals surface area contributed by atoms with Gasteiger partial charge < -0.3 is 20.2 Å². The lowest BCUT2D eigenvalue weighted by atomic mass is 9.90. The Morgan fingerprint density at radius 3 is 2.24 bits per heavy atom. The number of aliphatic hydroxyl groups excluding tert-OH is 1. The standard InChI is InChI=1S/C17H33N3O/c1-19(2)11-14-7-9-20(10-8-14)12-17(13-21,15-3-4-15)18-16-5-6-16/h14-16,18,21H,3-13H2,1-2H3. The van der Waals surface area contributed by atoms with Crippen LogP contribution in [0, 0.1) is 11.8 Å². The Hall–Kier alpha value is -0.160. The van der Waals surface area contributed by atoms with Gasteiger partial charge in [0.05, 0.1) is 12.1 Å². The van der Waals surface area contributed by atoms with Gasteiger partial charge in [-0.3, -0.25) is 0 Å². The third kappa shape index (κ3) is 4.19. The summed E-state index contributed by atoms with van der Waals surface area (Å²) in [6.45, 7) is 5.01. The highest BCUT2D eigenvalue weighted by molar-refractivity contribution is 5.06. The second-order valence-electron chi connectivity index (χ2n) is 7.99. The minimum atomic E-state index is -0.00441. The van der Waals surface area contributed by atoms with Crippen molar-refractivity contribution in [2.24, 2.45) is 11.8 Å². The Morgan fingerprint density at radius 1 is 1.10 bits per heavy atom. The summed E-state index contributed by atoms with van der Waals surface area (Å²) in [6, 6.07) is 0.684. The summed E-state index contributed by atoms with van der Waals surface area (Å²) in [5, 5.41) is 13.9. The number of nitrogens with one attached hydrogen (secondary N) is 1. The van der Waals surface area contributed by atoms with Crippen molar-refractivity contribution >= 4 is 0 Å². The summed E-state index contributed by atoms with van der Waals surface area (Å²) in [7, 11) is 4.35. The summed E-state index contributed by atoms with van der Waals surface area (Å²) in [4.78, 5) is 4.92. The van der Waals surface area contributed by atoms with Gasteiger partial charge in [-0.2, -0.15) is 0 Å². The topological polar surface area (TPSA) is 38.7 Å². The molecule has 0 amide bonds. The Kier molecular flexibility index (Phi) is 4.89. The van der Waals surface area contributed by atoms with E-state index in [1.807, 2.05) is 0 Å². The molecule has 0 spiro atoms. The number of hydrogen-bond acceptors (Lipinski definition) is 4. The van der Waals surface area contributed by atoms with Crippen molar-refractivity contribution in [3.8, 4) is 0 Å². The highest BCUT2D eigenvalue weighted by Crippen LogP contribution is 2.42. The molecule has 1 unspecified atom stereocenters. The number of likely N-dealkylation sites (tertiary alicyclic amines) is 1. The first-order chi connectivity index (χ1) is 10.1. The van der Waals surface area contributed by atoms with Crippen LogP contribution in [0.1, 0.15) is 38.5 Å². The number of nitrogens with zero attached hydrogens (tertiary/aromatic N) is 2. The Morgan fingerprint density at radius 2 is 1.76 bits per heavy atom. The van der Waals surface area contributed by atoms with Crippen LogP contribution in [-0.2, 0) is 0 Å². The fourth-order valence-electron chi connectivity index (χ4n) is 4.03. The molecule has 122 valence electrons. The van der Waals surface area contributed by atoms with Crippen molar-refractivity contribution < 1.29 is 5.11 Å². The highest BCUT2D eigenvalue weighted by atomic mass is 16.3. The molecule has 4 nitrogen and oxygen atoms in total. The summed E-state index contributed by atoms with van der Waals surface area (Å²) in [5.41, 5.74) is -0.00441. The van der Waals surface area contributed by atoms with E-state index in [2.05, 4.69) is 29.2 Å². The smallest absolute Gasteiger partial charge is 0.0628 e. The molecule has 3 fully saturated rings. The third-order valence-corrected chi connectivity index (χ3v) is 5.55. The molecule has 0 bridgehead atoms. The van der Waals surface area contributed by atoms with Crippen molar-refractivity contribution in [2.75, 3.05) is 46.9 Å². The van der Waals surface area contributed by atoms with Gasteiger partial charge >= 0.3 is 0 Å². The molecule has 4 heteroatoms. The van der Waals surface area contributed by atoms with Gasteiger partial charge in [-0.1, -0.05) is 0 Å². The summed E-state index contributed by atoms with van der Waals surface area (Å²) >= 11 is 0. The summed E-state index contributed by atoms with van der Waals surface area (Å²) in [5.74, 6) is 1.57. The molecular formula is C17H33N3O. The number of rotatable bonds is 8. The molecule has 2 N–H and O–H groups in total. The number of hydrogen-bond donors (Lipinski definition) is 2.